The molecule has 0 aliphatic rings. The average Bonchev–Trinajstić information content (AvgIpc) is 3.12. The Balaban J connectivity index is 1.87. The zero-order valence-electron chi connectivity index (χ0n) is 15.1. The number of thioether (sulfide) groups is 1. The number of aromatic nitrogens is 1. The van der Waals surface area contributed by atoms with Gasteiger partial charge in [0.1, 0.15) is 9.88 Å². The molecule has 0 fully saturated rings. The van der Waals surface area contributed by atoms with E-state index in [-0.39, 0.29) is 6.61 Å². The Bertz CT molecular complexity index is 986. The molecule has 3 nitrogen and oxygen atoms in total. The maximum atomic E-state index is 12.8. The van der Waals surface area contributed by atoms with Crippen molar-refractivity contribution in [1.82, 2.24) is 4.98 Å². The Labute approximate surface area is 182 Å². The second-order valence-corrected chi connectivity index (χ2v) is 8.80. The molecule has 0 aliphatic carbocycles. The molecule has 1 aromatic heterocycles. The Hall–Kier alpha value is -1.84. The highest BCUT2D eigenvalue weighted by Crippen LogP contribution is 2.35. The highest BCUT2D eigenvalue weighted by atomic mass is 79.9. The van der Waals surface area contributed by atoms with Crippen LogP contribution < -0.4 is 0 Å². The fourth-order valence-electron chi connectivity index (χ4n) is 2.41. The molecule has 0 atom stereocenters. The van der Waals surface area contributed by atoms with E-state index in [1.54, 1.807) is 6.92 Å². The smallest absolute Gasteiger partial charge is 0.416 e. The third kappa shape index (κ3) is 5.61. The summed E-state index contributed by atoms with van der Waals surface area (Å²) >= 11 is 6.02. The summed E-state index contributed by atoms with van der Waals surface area (Å²) < 4.78 is 44.4. The van der Waals surface area contributed by atoms with Crippen LogP contribution in [0.2, 0.25) is 0 Å². The van der Waals surface area contributed by atoms with Gasteiger partial charge in [-0.15, -0.1) is 23.1 Å². The molecule has 0 saturated heterocycles. The minimum absolute atomic E-state index is 0.228. The van der Waals surface area contributed by atoms with Gasteiger partial charge in [0.2, 0.25) is 0 Å². The molecular formula is C20H15BrF3NO2S2. The number of hydrogen-bond acceptors (Lipinski definition) is 5. The van der Waals surface area contributed by atoms with Crippen molar-refractivity contribution < 1.29 is 22.7 Å². The number of esters is 1. The van der Waals surface area contributed by atoms with Gasteiger partial charge < -0.3 is 4.74 Å². The van der Waals surface area contributed by atoms with Crippen molar-refractivity contribution in [2.75, 3.05) is 6.61 Å². The zero-order valence-corrected chi connectivity index (χ0v) is 18.3. The normalized spacial score (nSPS) is 11.5. The van der Waals surface area contributed by atoms with Crippen molar-refractivity contribution in [1.29, 1.82) is 0 Å². The van der Waals surface area contributed by atoms with E-state index in [4.69, 9.17) is 4.74 Å². The second kappa shape index (κ2) is 9.32. The first-order valence-electron chi connectivity index (χ1n) is 8.50. The molecule has 9 heteroatoms. The molecule has 3 rings (SSSR count). The van der Waals surface area contributed by atoms with E-state index >= 15 is 0 Å². The number of carbonyl (C=O) groups excluding carboxylic acids is 1. The lowest BCUT2D eigenvalue weighted by Gasteiger charge is -2.06. The predicted molar refractivity (Wildman–Crippen MR) is 112 cm³/mol. The number of halogens is 4. The predicted octanol–water partition coefficient (Wildman–Crippen LogP) is 7.06. The highest BCUT2D eigenvalue weighted by molar-refractivity contribution is 9.10. The number of ether oxygens (including phenoxy) is 1. The topological polar surface area (TPSA) is 39.2 Å². The van der Waals surface area contributed by atoms with E-state index in [0.29, 0.717) is 26.9 Å². The van der Waals surface area contributed by atoms with Crippen molar-refractivity contribution in [2.45, 2.75) is 23.7 Å². The van der Waals surface area contributed by atoms with Gasteiger partial charge in [0.25, 0.3) is 0 Å². The van der Waals surface area contributed by atoms with Gasteiger partial charge in [-0.05, 0) is 43.3 Å². The summed E-state index contributed by atoms with van der Waals surface area (Å²) in [4.78, 5) is 18.2. The summed E-state index contributed by atoms with van der Waals surface area (Å²) in [5.74, 6) is -0.0398. The van der Waals surface area contributed by atoms with Crippen molar-refractivity contribution in [3.05, 3.63) is 69.1 Å². The van der Waals surface area contributed by atoms with Gasteiger partial charge in [-0.1, -0.05) is 28.1 Å². The minimum Gasteiger partial charge on any atom is -0.462 e. The van der Waals surface area contributed by atoms with Crippen LogP contribution >= 0.6 is 39.0 Å². The summed E-state index contributed by atoms with van der Waals surface area (Å²) in [6.45, 7) is 1.94. The van der Waals surface area contributed by atoms with Gasteiger partial charge in [0.05, 0.1) is 17.9 Å². The van der Waals surface area contributed by atoms with Crippen LogP contribution in [0.4, 0.5) is 13.2 Å². The van der Waals surface area contributed by atoms with E-state index in [0.717, 1.165) is 32.8 Å². The monoisotopic (exact) mass is 501 g/mol. The van der Waals surface area contributed by atoms with E-state index in [2.05, 4.69) is 20.9 Å². The number of thiazole rings is 1. The van der Waals surface area contributed by atoms with Crippen LogP contribution in [0.15, 0.2) is 57.9 Å². The lowest BCUT2D eigenvalue weighted by molar-refractivity contribution is -0.137. The average molecular weight is 502 g/mol. The summed E-state index contributed by atoms with van der Waals surface area (Å²) in [5.41, 5.74) is 0.346. The summed E-state index contributed by atoms with van der Waals surface area (Å²) in [6, 6.07) is 12.5. The molecule has 0 N–H and O–H groups in total. The van der Waals surface area contributed by atoms with Gasteiger partial charge in [-0.3, -0.25) is 0 Å². The fraction of sp³-hybridized carbons (Fsp3) is 0.200. The van der Waals surface area contributed by atoms with Gasteiger partial charge in [0.15, 0.2) is 0 Å². The fourth-order valence-corrected chi connectivity index (χ4v) is 4.59. The number of rotatable bonds is 6. The standard InChI is InChI=1S/C20H15BrF3NO2S2/c1-2-27-19(26)17-16(11-28-15-9-7-14(21)8-10-15)25-18(29-17)12-3-5-13(6-4-12)20(22,23)24/h3-10H,2,11H2,1H3. The van der Waals surface area contributed by atoms with Crippen LogP contribution in [-0.2, 0) is 16.7 Å². The Morgan fingerprint density at radius 2 is 1.79 bits per heavy atom. The van der Waals surface area contributed by atoms with Gasteiger partial charge in [-0.25, -0.2) is 9.78 Å². The summed E-state index contributed by atoms with van der Waals surface area (Å²) in [7, 11) is 0. The Morgan fingerprint density at radius 1 is 1.14 bits per heavy atom. The molecule has 3 aromatic rings. The van der Waals surface area contributed by atoms with Crippen molar-refractivity contribution in [2.24, 2.45) is 0 Å². The van der Waals surface area contributed by atoms with Crippen LogP contribution in [-0.4, -0.2) is 17.6 Å². The van der Waals surface area contributed by atoms with Gasteiger partial charge in [0, 0.05) is 20.7 Å². The van der Waals surface area contributed by atoms with Crippen molar-refractivity contribution >= 4 is 45.0 Å². The molecule has 0 aliphatic heterocycles. The largest absolute Gasteiger partial charge is 0.462 e. The van der Waals surface area contributed by atoms with E-state index in [1.807, 2.05) is 24.3 Å². The molecule has 0 amide bonds. The molecule has 1 heterocycles. The van der Waals surface area contributed by atoms with Crippen LogP contribution in [0, 0.1) is 0 Å². The van der Waals surface area contributed by atoms with Crippen LogP contribution in [0.25, 0.3) is 10.6 Å². The number of alkyl halides is 3. The van der Waals surface area contributed by atoms with Crippen molar-refractivity contribution in [3.63, 3.8) is 0 Å². The Kier molecular flexibility index (Phi) is 7.02. The third-order valence-corrected chi connectivity index (χ3v) is 6.49. The number of carbonyl (C=O) groups is 1. The van der Waals surface area contributed by atoms with Gasteiger partial charge >= 0.3 is 12.1 Å². The van der Waals surface area contributed by atoms with Crippen LogP contribution in [0.5, 0.6) is 0 Å². The van der Waals surface area contributed by atoms with E-state index in [1.165, 1.54) is 23.9 Å². The summed E-state index contributed by atoms with van der Waals surface area (Å²) in [5, 5.41) is 0.480. The molecule has 0 bridgehead atoms. The molecule has 0 unspecified atom stereocenters. The maximum absolute atomic E-state index is 12.8. The second-order valence-electron chi connectivity index (χ2n) is 5.83. The molecule has 0 radical (unpaired) electrons. The minimum atomic E-state index is -4.40. The van der Waals surface area contributed by atoms with Crippen LogP contribution in [0.1, 0.15) is 27.9 Å². The zero-order chi connectivity index (χ0) is 21.0. The molecule has 152 valence electrons. The highest BCUT2D eigenvalue weighted by Gasteiger charge is 2.30. The molecule has 0 spiro atoms. The molecule has 2 aromatic carbocycles. The first-order chi connectivity index (χ1) is 13.8. The first-order valence-corrected chi connectivity index (χ1v) is 11.1. The van der Waals surface area contributed by atoms with Gasteiger partial charge in [-0.2, -0.15) is 13.2 Å². The van der Waals surface area contributed by atoms with E-state index < -0.39 is 17.7 Å². The molecule has 29 heavy (non-hydrogen) atoms. The third-order valence-electron chi connectivity index (χ3n) is 3.81. The van der Waals surface area contributed by atoms with Crippen molar-refractivity contribution in [3.8, 4) is 10.6 Å². The lowest BCUT2D eigenvalue weighted by atomic mass is 10.1. The molecule has 0 saturated carbocycles. The quantitative estimate of drug-likeness (QED) is 0.267. The number of nitrogens with zero attached hydrogens (tertiary/aromatic N) is 1. The summed E-state index contributed by atoms with van der Waals surface area (Å²) in [6.07, 6.45) is -4.40. The first kappa shape index (κ1) is 21.9. The number of benzene rings is 2. The SMILES string of the molecule is CCOC(=O)c1sc(-c2ccc(C(F)(F)F)cc2)nc1CSc1ccc(Br)cc1. The number of hydrogen-bond donors (Lipinski definition) is 0. The molecular weight excluding hydrogens is 487 g/mol. The van der Waals surface area contributed by atoms with Crippen LogP contribution in [0.3, 0.4) is 0 Å². The maximum Gasteiger partial charge on any atom is 0.416 e. The lowest BCUT2D eigenvalue weighted by Crippen LogP contribution is -2.05. The van der Waals surface area contributed by atoms with E-state index in [9.17, 15) is 18.0 Å². The Morgan fingerprint density at radius 3 is 2.38 bits per heavy atom.